The molecule has 1 aromatic heterocycles. The van der Waals surface area contributed by atoms with Crippen LogP contribution in [0.1, 0.15) is 11.1 Å². The molecule has 4 heteroatoms. The van der Waals surface area contributed by atoms with Crippen LogP contribution >= 0.6 is 0 Å². The molecule has 4 rings (SSSR count). The zero-order valence-corrected chi connectivity index (χ0v) is 12.8. The molecule has 0 aliphatic carbocycles. The number of para-hydroxylation sites is 1. The Kier molecular flexibility index (Phi) is 3.64. The molecule has 2 heterocycles. The van der Waals surface area contributed by atoms with Crippen molar-refractivity contribution in [3.05, 3.63) is 78.0 Å². The fourth-order valence-electron chi connectivity index (χ4n) is 2.94. The number of nitrogens with zero attached hydrogens (tertiary/aromatic N) is 3. The van der Waals surface area contributed by atoms with Crippen molar-refractivity contribution in [2.75, 3.05) is 16.8 Å². The minimum absolute atomic E-state index is 0.663. The van der Waals surface area contributed by atoms with Crippen molar-refractivity contribution in [3.8, 4) is 0 Å². The summed E-state index contributed by atoms with van der Waals surface area (Å²) in [6.07, 6.45) is 2.88. The summed E-state index contributed by atoms with van der Waals surface area (Å²) in [5, 5.41) is 3.30. The Bertz CT molecular complexity index is 801. The van der Waals surface area contributed by atoms with Gasteiger partial charge in [0.15, 0.2) is 0 Å². The highest BCUT2D eigenvalue weighted by atomic mass is 15.2. The van der Waals surface area contributed by atoms with Gasteiger partial charge in [-0.1, -0.05) is 48.5 Å². The van der Waals surface area contributed by atoms with Crippen LogP contribution < -0.4 is 10.2 Å². The normalized spacial score (nSPS) is 13.0. The van der Waals surface area contributed by atoms with Crippen molar-refractivity contribution in [1.82, 2.24) is 9.97 Å². The van der Waals surface area contributed by atoms with E-state index in [1.165, 1.54) is 16.8 Å². The maximum Gasteiger partial charge on any atom is 0.224 e. The van der Waals surface area contributed by atoms with Gasteiger partial charge in [0.05, 0.1) is 0 Å². The molecule has 0 atom stereocenters. The number of rotatable bonds is 4. The van der Waals surface area contributed by atoms with Crippen molar-refractivity contribution >= 4 is 17.5 Å². The second-order valence-corrected chi connectivity index (χ2v) is 5.61. The first-order valence-electron chi connectivity index (χ1n) is 7.86. The lowest BCUT2D eigenvalue weighted by molar-refractivity contribution is 0.957. The van der Waals surface area contributed by atoms with Gasteiger partial charge in [-0.05, 0) is 29.7 Å². The molecular formula is C19H18N4. The zero-order valence-electron chi connectivity index (χ0n) is 12.8. The zero-order chi connectivity index (χ0) is 15.5. The van der Waals surface area contributed by atoms with Crippen LogP contribution in [0.4, 0.5) is 17.5 Å². The lowest BCUT2D eigenvalue weighted by atomic mass is 10.2. The topological polar surface area (TPSA) is 41.1 Å². The van der Waals surface area contributed by atoms with Gasteiger partial charge in [0.1, 0.15) is 5.82 Å². The number of anilines is 3. The van der Waals surface area contributed by atoms with Gasteiger partial charge >= 0.3 is 0 Å². The van der Waals surface area contributed by atoms with Gasteiger partial charge in [0.25, 0.3) is 0 Å². The molecule has 0 spiro atoms. The first-order chi connectivity index (χ1) is 11.4. The third-order valence-corrected chi connectivity index (χ3v) is 4.10. The largest absolute Gasteiger partial charge is 0.350 e. The second-order valence-electron chi connectivity index (χ2n) is 5.61. The summed E-state index contributed by atoms with van der Waals surface area (Å²) < 4.78 is 0. The van der Waals surface area contributed by atoms with Crippen molar-refractivity contribution in [1.29, 1.82) is 0 Å². The quantitative estimate of drug-likeness (QED) is 0.796. The Morgan fingerprint density at radius 2 is 1.78 bits per heavy atom. The summed E-state index contributed by atoms with van der Waals surface area (Å²) in [6.45, 7) is 1.69. The molecule has 0 unspecified atom stereocenters. The van der Waals surface area contributed by atoms with E-state index in [4.69, 9.17) is 0 Å². The van der Waals surface area contributed by atoms with Gasteiger partial charge in [0, 0.05) is 25.0 Å². The Hall–Kier alpha value is -2.88. The molecule has 2 aromatic carbocycles. The van der Waals surface area contributed by atoms with Gasteiger partial charge in [-0.2, -0.15) is 4.98 Å². The van der Waals surface area contributed by atoms with E-state index in [-0.39, 0.29) is 0 Å². The fourth-order valence-corrected chi connectivity index (χ4v) is 2.94. The SMILES string of the molecule is c1ccc(CNc2nccc(N3CCc4ccccc43)n2)cc1. The molecule has 23 heavy (non-hydrogen) atoms. The van der Waals surface area contributed by atoms with Crippen LogP contribution in [-0.4, -0.2) is 16.5 Å². The van der Waals surface area contributed by atoms with Crippen LogP contribution in [-0.2, 0) is 13.0 Å². The molecule has 1 aliphatic heterocycles. The summed E-state index contributed by atoms with van der Waals surface area (Å²) in [6, 6.07) is 20.8. The number of nitrogens with one attached hydrogen (secondary N) is 1. The van der Waals surface area contributed by atoms with E-state index < -0.39 is 0 Å². The molecule has 0 radical (unpaired) electrons. The molecule has 1 N–H and O–H groups in total. The monoisotopic (exact) mass is 302 g/mol. The molecule has 114 valence electrons. The highest BCUT2D eigenvalue weighted by Crippen LogP contribution is 2.33. The molecule has 4 nitrogen and oxygen atoms in total. The molecule has 0 saturated carbocycles. The maximum atomic E-state index is 4.67. The lowest BCUT2D eigenvalue weighted by Gasteiger charge is -2.18. The highest BCUT2D eigenvalue weighted by molar-refractivity contribution is 5.67. The van der Waals surface area contributed by atoms with Gasteiger partial charge < -0.3 is 10.2 Å². The van der Waals surface area contributed by atoms with E-state index in [1.807, 2.05) is 30.5 Å². The van der Waals surface area contributed by atoms with Crippen molar-refractivity contribution in [2.24, 2.45) is 0 Å². The standard InChI is InChI=1S/C19H18N4/c1-2-6-15(7-3-1)14-21-19-20-12-10-18(22-19)23-13-11-16-8-4-5-9-17(16)23/h1-10,12H,11,13-14H2,(H,20,21,22). The predicted octanol–water partition coefficient (Wildman–Crippen LogP) is 3.78. The van der Waals surface area contributed by atoms with E-state index in [1.54, 1.807) is 0 Å². The van der Waals surface area contributed by atoms with Gasteiger partial charge in [-0.25, -0.2) is 4.98 Å². The predicted molar refractivity (Wildman–Crippen MR) is 93.0 cm³/mol. The number of hydrogen-bond acceptors (Lipinski definition) is 4. The van der Waals surface area contributed by atoms with E-state index >= 15 is 0 Å². The molecule has 0 fully saturated rings. The van der Waals surface area contributed by atoms with Gasteiger partial charge in [0.2, 0.25) is 5.95 Å². The summed E-state index contributed by atoms with van der Waals surface area (Å²) >= 11 is 0. The molecule has 0 bridgehead atoms. The van der Waals surface area contributed by atoms with Crippen molar-refractivity contribution in [3.63, 3.8) is 0 Å². The number of fused-ring (bicyclic) bond motifs is 1. The first-order valence-corrected chi connectivity index (χ1v) is 7.86. The van der Waals surface area contributed by atoms with Crippen LogP contribution in [0.25, 0.3) is 0 Å². The summed E-state index contributed by atoms with van der Waals surface area (Å²) in [7, 11) is 0. The Morgan fingerprint density at radius 3 is 2.70 bits per heavy atom. The van der Waals surface area contributed by atoms with Gasteiger partial charge in [-0.15, -0.1) is 0 Å². The first kappa shape index (κ1) is 13.8. The smallest absolute Gasteiger partial charge is 0.224 e. The third-order valence-electron chi connectivity index (χ3n) is 4.10. The number of hydrogen-bond donors (Lipinski definition) is 1. The van der Waals surface area contributed by atoms with E-state index in [0.29, 0.717) is 5.95 Å². The summed E-state index contributed by atoms with van der Waals surface area (Å²) in [4.78, 5) is 11.3. The van der Waals surface area contributed by atoms with E-state index in [0.717, 1.165) is 25.3 Å². The van der Waals surface area contributed by atoms with Crippen LogP contribution in [0.5, 0.6) is 0 Å². The fraction of sp³-hybridized carbons (Fsp3) is 0.158. The Morgan fingerprint density at radius 1 is 0.957 bits per heavy atom. The molecular weight excluding hydrogens is 284 g/mol. The highest BCUT2D eigenvalue weighted by Gasteiger charge is 2.20. The van der Waals surface area contributed by atoms with E-state index in [9.17, 15) is 0 Å². The van der Waals surface area contributed by atoms with Gasteiger partial charge in [-0.3, -0.25) is 0 Å². The lowest BCUT2D eigenvalue weighted by Crippen LogP contribution is -2.16. The number of benzene rings is 2. The Labute approximate surface area is 135 Å². The van der Waals surface area contributed by atoms with Crippen molar-refractivity contribution in [2.45, 2.75) is 13.0 Å². The average molecular weight is 302 g/mol. The van der Waals surface area contributed by atoms with Crippen molar-refractivity contribution < 1.29 is 0 Å². The van der Waals surface area contributed by atoms with E-state index in [2.05, 4.69) is 56.6 Å². The van der Waals surface area contributed by atoms with Crippen LogP contribution in [0.15, 0.2) is 66.9 Å². The summed E-state index contributed by atoms with van der Waals surface area (Å²) in [5.74, 6) is 1.61. The maximum absolute atomic E-state index is 4.67. The molecule has 3 aromatic rings. The summed E-state index contributed by atoms with van der Waals surface area (Å²) in [5.41, 5.74) is 3.85. The third kappa shape index (κ3) is 2.88. The molecule has 0 saturated heterocycles. The van der Waals surface area contributed by atoms with Crippen LogP contribution in [0, 0.1) is 0 Å². The minimum atomic E-state index is 0.663. The Balaban J connectivity index is 1.53. The second kappa shape index (κ2) is 6.08. The van der Waals surface area contributed by atoms with Crippen LogP contribution in [0.3, 0.4) is 0 Å². The molecule has 1 aliphatic rings. The minimum Gasteiger partial charge on any atom is -0.350 e. The molecule has 0 amide bonds. The number of aromatic nitrogens is 2. The average Bonchev–Trinajstić information content (AvgIpc) is 3.05. The van der Waals surface area contributed by atoms with Crippen LogP contribution in [0.2, 0.25) is 0 Å².